The maximum Gasteiger partial charge on any atom is 0.178 e. The number of nitrogens with zero attached hydrogens (tertiary/aromatic N) is 2. The van der Waals surface area contributed by atoms with Gasteiger partial charge in [-0.1, -0.05) is 12.8 Å². The van der Waals surface area contributed by atoms with Crippen molar-refractivity contribution in [1.29, 1.82) is 5.26 Å². The third-order valence-electron chi connectivity index (χ3n) is 3.87. The molecule has 0 saturated heterocycles. The molecule has 1 aliphatic rings. The van der Waals surface area contributed by atoms with Gasteiger partial charge in [-0.15, -0.1) is 0 Å². The number of imidazole rings is 1. The predicted octanol–water partition coefficient (Wildman–Crippen LogP) is 3.05. The highest BCUT2D eigenvalue weighted by Crippen LogP contribution is 2.32. The first-order chi connectivity index (χ1) is 9.20. The first kappa shape index (κ1) is 12.4. The van der Waals surface area contributed by atoms with E-state index in [2.05, 4.69) is 11.1 Å². The van der Waals surface area contributed by atoms with E-state index in [1.165, 1.54) is 0 Å². The fourth-order valence-electron chi connectivity index (χ4n) is 2.91. The Morgan fingerprint density at radius 1 is 1.37 bits per heavy atom. The lowest BCUT2D eigenvalue weighted by Gasteiger charge is -2.29. The smallest absolute Gasteiger partial charge is 0.178 e. The summed E-state index contributed by atoms with van der Waals surface area (Å²) in [6.45, 7) is 0. The van der Waals surface area contributed by atoms with Gasteiger partial charge in [-0.05, 0) is 43.3 Å². The van der Waals surface area contributed by atoms with Crippen molar-refractivity contribution in [2.75, 3.05) is 0 Å². The summed E-state index contributed by atoms with van der Waals surface area (Å²) in [6, 6.07) is 7.64. The number of aliphatic hydroxyl groups excluding tert-OH is 1. The van der Waals surface area contributed by atoms with Gasteiger partial charge in [0.05, 0.1) is 34.8 Å². The monoisotopic (exact) mass is 273 g/mol. The van der Waals surface area contributed by atoms with Gasteiger partial charge in [0.25, 0.3) is 0 Å². The van der Waals surface area contributed by atoms with Crippen molar-refractivity contribution in [2.24, 2.45) is 0 Å². The van der Waals surface area contributed by atoms with Gasteiger partial charge in [0.1, 0.15) is 0 Å². The summed E-state index contributed by atoms with van der Waals surface area (Å²) in [5.41, 5.74) is 2.44. The minimum atomic E-state index is -0.356. The third kappa shape index (κ3) is 2.07. The minimum Gasteiger partial charge on any atom is -0.391 e. The van der Waals surface area contributed by atoms with E-state index in [0.717, 1.165) is 36.7 Å². The molecule has 5 heteroatoms. The molecule has 4 nitrogen and oxygen atoms in total. The van der Waals surface area contributed by atoms with Crippen LogP contribution in [0.15, 0.2) is 18.2 Å². The molecule has 0 radical (unpaired) electrons. The lowest BCUT2D eigenvalue weighted by atomic mass is 9.92. The van der Waals surface area contributed by atoms with Crippen LogP contribution in [-0.4, -0.2) is 20.8 Å². The Morgan fingerprint density at radius 2 is 2.16 bits per heavy atom. The molecule has 2 aromatic rings. The summed E-state index contributed by atoms with van der Waals surface area (Å²) in [6.07, 6.45) is 3.56. The van der Waals surface area contributed by atoms with E-state index in [1.807, 2.05) is 16.7 Å². The van der Waals surface area contributed by atoms with E-state index in [-0.39, 0.29) is 12.1 Å². The Hall–Kier alpha value is -1.64. The highest BCUT2D eigenvalue weighted by Gasteiger charge is 2.26. The standard InChI is InChI=1S/C14H15N3OS/c15-8-9-5-6-10-12(7-9)17(14(19)16-10)11-3-1-2-4-13(11)18/h5-7,11,13,18H,1-4H2,(H,16,19). The molecule has 0 spiro atoms. The van der Waals surface area contributed by atoms with Gasteiger partial charge in [0.2, 0.25) is 0 Å². The highest BCUT2D eigenvalue weighted by molar-refractivity contribution is 7.71. The second kappa shape index (κ2) is 4.80. The molecule has 19 heavy (non-hydrogen) atoms. The summed E-state index contributed by atoms with van der Waals surface area (Å²) >= 11 is 5.38. The number of H-pyrrole nitrogens is 1. The molecule has 0 bridgehead atoms. The zero-order chi connectivity index (χ0) is 13.4. The third-order valence-corrected chi connectivity index (χ3v) is 4.17. The molecule has 2 atom stereocenters. The van der Waals surface area contributed by atoms with E-state index in [4.69, 9.17) is 17.5 Å². The van der Waals surface area contributed by atoms with Gasteiger partial charge < -0.3 is 14.7 Å². The van der Waals surface area contributed by atoms with Crippen LogP contribution in [0.25, 0.3) is 11.0 Å². The molecule has 0 aliphatic heterocycles. The minimum absolute atomic E-state index is 0.0175. The second-order valence-corrected chi connectivity index (χ2v) is 5.45. The van der Waals surface area contributed by atoms with Crippen LogP contribution < -0.4 is 0 Å². The van der Waals surface area contributed by atoms with Crippen molar-refractivity contribution in [2.45, 2.75) is 37.8 Å². The van der Waals surface area contributed by atoms with Gasteiger partial charge in [-0.3, -0.25) is 0 Å². The van der Waals surface area contributed by atoms with Gasteiger partial charge >= 0.3 is 0 Å². The van der Waals surface area contributed by atoms with E-state index in [1.54, 1.807) is 6.07 Å². The first-order valence-electron chi connectivity index (χ1n) is 6.53. The summed E-state index contributed by atoms with van der Waals surface area (Å²) in [5.74, 6) is 0. The normalized spacial score (nSPS) is 23.4. The Balaban J connectivity index is 2.19. The predicted molar refractivity (Wildman–Crippen MR) is 75.3 cm³/mol. The molecular formula is C14H15N3OS. The van der Waals surface area contributed by atoms with Crippen LogP contribution in [0.3, 0.4) is 0 Å². The van der Waals surface area contributed by atoms with Crippen LogP contribution in [0.4, 0.5) is 0 Å². The molecular weight excluding hydrogens is 258 g/mol. The maximum absolute atomic E-state index is 10.2. The van der Waals surface area contributed by atoms with Crippen LogP contribution >= 0.6 is 12.2 Å². The zero-order valence-electron chi connectivity index (χ0n) is 10.5. The van der Waals surface area contributed by atoms with E-state index in [9.17, 15) is 5.11 Å². The number of aliphatic hydroxyl groups is 1. The van der Waals surface area contributed by atoms with Crippen molar-refractivity contribution in [3.05, 3.63) is 28.5 Å². The van der Waals surface area contributed by atoms with Gasteiger partial charge in [-0.2, -0.15) is 5.26 Å². The number of hydrogen-bond acceptors (Lipinski definition) is 3. The molecule has 1 saturated carbocycles. The number of nitrogens with one attached hydrogen (secondary N) is 1. The summed E-state index contributed by atoms with van der Waals surface area (Å²) < 4.78 is 2.60. The number of nitriles is 1. The number of hydrogen-bond donors (Lipinski definition) is 2. The van der Waals surface area contributed by atoms with Crippen LogP contribution in [0.1, 0.15) is 37.3 Å². The Bertz CT molecular complexity index is 710. The van der Waals surface area contributed by atoms with Crippen molar-refractivity contribution >= 4 is 23.3 Å². The van der Waals surface area contributed by atoms with Crippen LogP contribution in [0.2, 0.25) is 0 Å². The van der Waals surface area contributed by atoms with Crippen molar-refractivity contribution < 1.29 is 5.11 Å². The van der Waals surface area contributed by atoms with Gasteiger partial charge in [0.15, 0.2) is 4.77 Å². The molecule has 1 fully saturated rings. The molecule has 2 N–H and O–H groups in total. The van der Waals surface area contributed by atoms with Crippen molar-refractivity contribution in [3.8, 4) is 6.07 Å². The highest BCUT2D eigenvalue weighted by atomic mass is 32.1. The average Bonchev–Trinajstić information content (AvgIpc) is 2.74. The number of fused-ring (bicyclic) bond motifs is 1. The topological polar surface area (TPSA) is 64.7 Å². The van der Waals surface area contributed by atoms with Gasteiger partial charge in [-0.25, -0.2) is 0 Å². The quantitative estimate of drug-likeness (QED) is 0.785. The Kier molecular flexibility index (Phi) is 3.13. The van der Waals surface area contributed by atoms with Crippen LogP contribution in [-0.2, 0) is 0 Å². The lowest BCUT2D eigenvalue weighted by Crippen LogP contribution is -2.27. The molecule has 1 heterocycles. The van der Waals surface area contributed by atoms with Crippen molar-refractivity contribution in [1.82, 2.24) is 9.55 Å². The summed E-state index contributed by atoms with van der Waals surface area (Å²) in [7, 11) is 0. The first-order valence-corrected chi connectivity index (χ1v) is 6.94. The van der Waals surface area contributed by atoms with E-state index < -0.39 is 0 Å². The molecule has 3 rings (SSSR count). The Labute approximate surface area is 116 Å². The molecule has 1 aromatic carbocycles. The van der Waals surface area contributed by atoms with Crippen molar-refractivity contribution in [3.63, 3.8) is 0 Å². The molecule has 0 amide bonds. The number of rotatable bonds is 1. The number of benzene rings is 1. The largest absolute Gasteiger partial charge is 0.391 e. The van der Waals surface area contributed by atoms with Crippen LogP contribution in [0, 0.1) is 16.1 Å². The number of aromatic nitrogens is 2. The lowest BCUT2D eigenvalue weighted by molar-refractivity contribution is 0.0767. The van der Waals surface area contributed by atoms with Crippen LogP contribution in [0.5, 0.6) is 0 Å². The zero-order valence-corrected chi connectivity index (χ0v) is 11.3. The van der Waals surface area contributed by atoms with Gasteiger partial charge in [0, 0.05) is 0 Å². The molecule has 98 valence electrons. The molecule has 2 unspecified atom stereocenters. The maximum atomic E-state index is 10.2. The summed E-state index contributed by atoms with van der Waals surface area (Å²) in [4.78, 5) is 3.15. The molecule has 1 aliphatic carbocycles. The number of aromatic amines is 1. The Morgan fingerprint density at radius 3 is 2.89 bits per heavy atom. The SMILES string of the molecule is N#Cc1ccc2[nH]c(=S)n(C3CCCCC3O)c2c1. The molecule has 1 aromatic heterocycles. The van der Waals surface area contributed by atoms with E-state index >= 15 is 0 Å². The fraction of sp³-hybridized carbons (Fsp3) is 0.429. The summed E-state index contributed by atoms with van der Waals surface area (Å²) in [5, 5.41) is 19.2. The van der Waals surface area contributed by atoms with E-state index in [0.29, 0.717) is 10.3 Å². The fourth-order valence-corrected chi connectivity index (χ4v) is 3.26. The second-order valence-electron chi connectivity index (χ2n) is 5.06. The average molecular weight is 273 g/mol.